The molecule has 0 aromatic rings. The number of rotatable bonds is 5. The summed E-state index contributed by atoms with van der Waals surface area (Å²) in [4.78, 5) is 12.2. The summed E-state index contributed by atoms with van der Waals surface area (Å²) in [6.07, 6.45) is 11.0. The predicted molar refractivity (Wildman–Crippen MR) is 98.7 cm³/mol. The minimum atomic E-state index is 0.155. The van der Waals surface area contributed by atoms with Crippen molar-refractivity contribution in [1.29, 1.82) is 0 Å². The van der Waals surface area contributed by atoms with Gasteiger partial charge < -0.3 is 5.11 Å². The Morgan fingerprint density at radius 3 is 2.42 bits per heavy atom. The van der Waals surface area contributed by atoms with Crippen molar-refractivity contribution in [2.75, 3.05) is 6.61 Å². The molecule has 3 rings (SSSR count). The fourth-order valence-corrected chi connectivity index (χ4v) is 7.85. The molecule has 1 N–H and O–H groups in total. The highest BCUT2D eigenvalue weighted by molar-refractivity contribution is 5.79. The summed E-state index contributed by atoms with van der Waals surface area (Å²) in [6.45, 7) is 9.20. The number of ketones is 1. The summed E-state index contributed by atoms with van der Waals surface area (Å²) in [5.41, 5.74) is 0.390. The van der Waals surface area contributed by atoms with Crippen LogP contribution in [-0.4, -0.2) is 17.5 Å². The number of Topliss-reactive ketones (excluding diaryl/α,β-unsaturated/α-hetero) is 1. The van der Waals surface area contributed by atoms with Gasteiger partial charge in [-0.05, 0) is 86.4 Å². The molecule has 3 aliphatic rings. The number of carbonyl (C=O) groups excluding carboxylic acids is 1. The molecule has 0 spiro atoms. The smallest absolute Gasteiger partial charge is 0.133 e. The molecule has 0 heterocycles. The van der Waals surface area contributed by atoms with E-state index in [0.717, 1.165) is 12.3 Å². The Labute approximate surface area is 148 Å². The van der Waals surface area contributed by atoms with Crippen molar-refractivity contribution in [3.63, 3.8) is 0 Å². The van der Waals surface area contributed by atoms with E-state index in [9.17, 15) is 9.90 Å². The highest BCUT2D eigenvalue weighted by Crippen LogP contribution is 2.66. The summed E-state index contributed by atoms with van der Waals surface area (Å²) in [5, 5.41) is 10.5. The third-order valence-corrected chi connectivity index (χ3v) is 8.83. The summed E-state index contributed by atoms with van der Waals surface area (Å²) < 4.78 is 0. The molecule has 7 atom stereocenters. The summed E-state index contributed by atoms with van der Waals surface area (Å²) in [6, 6.07) is 0. The van der Waals surface area contributed by atoms with Crippen molar-refractivity contribution in [3.05, 3.63) is 0 Å². The second-order valence-electron chi connectivity index (χ2n) is 9.49. The maximum Gasteiger partial charge on any atom is 0.133 e. The van der Waals surface area contributed by atoms with Crippen molar-refractivity contribution in [1.82, 2.24) is 0 Å². The Morgan fingerprint density at radius 1 is 1.08 bits per heavy atom. The van der Waals surface area contributed by atoms with Gasteiger partial charge in [0, 0.05) is 12.5 Å². The van der Waals surface area contributed by atoms with E-state index in [1.165, 1.54) is 51.4 Å². The molecule has 24 heavy (non-hydrogen) atoms. The Morgan fingerprint density at radius 2 is 1.83 bits per heavy atom. The van der Waals surface area contributed by atoms with Crippen molar-refractivity contribution in [3.8, 4) is 0 Å². The van der Waals surface area contributed by atoms with Gasteiger partial charge in [0.25, 0.3) is 0 Å². The quantitative estimate of drug-likeness (QED) is 0.747. The lowest BCUT2D eigenvalue weighted by atomic mass is 9.45. The van der Waals surface area contributed by atoms with E-state index in [4.69, 9.17) is 0 Å². The normalized spacial score (nSPS) is 48.0. The first-order valence-electron chi connectivity index (χ1n) is 10.6. The lowest BCUT2D eigenvalue weighted by Crippen LogP contribution is -2.54. The average Bonchev–Trinajstić information content (AvgIpc) is 2.92. The van der Waals surface area contributed by atoms with E-state index in [1.54, 1.807) is 0 Å². The van der Waals surface area contributed by atoms with Gasteiger partial charge in [0.2, 0.25) is 0 Å². The highest BCUT2D eigenvalue weighted by Gasteiger charge is 2.60. The summed E-state index contributed by atoms with van der Waals surface area (Å²) in [5.74, 6) is 3.55. The molecule has 3 fully saturated rings. The van der Waals surface area contributed by atoms with Gasteiger partial charge in [0.15, 0.2) is 0 Å². The maximum absolute atomic E-state index is 12.2. The summed E-state index contributed by atoms with van der Waals surface area (Å²) >= 11 is 0. The van der Waals surface area contributed by atoms with Crippen molar-refractivity contribution < 1.29 is 9.90 Å². The number of fused-ring (bicyclic) bond motifs is 3. The van der Waals surface area contributed by atoms with Crippen molar-refractivity contribution >= 4 is 5.78 Å². The number of hydrogen-bond donors (Lipinski definition) is 1. The molecular weight excluding hydrogens is 296 g/mol. The second-order valence-corrected chi connectivity index (χ2v) is 9.49. The molecule has 7 unspecified atom stereocenters. The van der Waals surface area contributed by atoms with Gasteiger partial charge in [-0.1, -0.05) is 33.6 Å². The molecule has 0 radical (unpaired) electrons. The van der Waals surface area contributed by atoms with Crippen LogP contribution in [0.1, 0.15) is 85.5 Å². The number of aliphatic hydroxyl groups is 1. The Balaban J connectivity index is 1.92. The Bertz CT molecular complexity index is 473. The lowest BCUT2D eigenvalue weighted by molar-refractivity contribution is -0.139. The standard InChI is InChI=1S/C22H38O2/c1-5-12-22(14-23)16(6-2)7-8-17-19-10-9-18(15(3)24)21(19,4)13-11-20(17)22/h16-20,23H,5-14H2,1-4H3. The molecule has 0 saturated heterocycles. The number of carbonyl (C=O) groups is 1. The lowest BCUT2D eigenvalue weighted by Gasteiger charge is -2.59. The van der Waals surface area contributed by atoms with Gasteiger partial charge in [0.05, 0.1) is 0 Å². The SMILES string of the molecule is CCCC1(CO)C(CC)CCC2C3CCC(C(C)=O)C3(C)CCC21. The third-order valence-electron chi connectivity index (χ3n) is 8.83. The van der Waals surface area contributed by atoms with Crippen molar-refractivity contribution in [2.45, 2.75) is 85.5 Å². The summed E-state index contributed by atoms with van der Waals surface area (Å²) in [7, 11) is 0. The van der Waals surface area contributed by atoms with E-state index in [2.05, 4.69) is 20.8 Å². The molecule has 0 aromatic carbocycles. The minimum Gasteiger partial charge on any atom is -0.396 e. The molecule has 3 saturated carbocycles. The average molecular weight is 335 g/mol. The Kier molecular flexibility index (Phi) is 5.17. The number of aliphatic hydroxyl groups excluding tert-OH is 1. The molecule has 3 aliphatic carbocycles. The molecular formula is C22H38O2. The largest absolute Gasteiger partial charge is 0.396 e. The van der Waals surface area contributed by atoms with Crippen LogP contribution in [-0.2, 0) is 4.79 Å². The van der Waals surface area contributed by atoms with Crippen LogP contribution in [0.15, 0.2) is 0 Å². The molecule has 0 aromatic heterocycles. The van der Waals surface area contributed by atoms with Crippen molar-refractivity contribution in [2.24, 2.45) is 40.4 Å². The Hall–Kier alpha value is -0.370. The molecule has 138 valence electrons. The third kappa shape index (κ3) is 2.50. The van der Waals surface area contributed by atoms with Gasteiger partial charge in [-0.3, -0.25) is 4.79 Å². The number of hydrogen-bond acceptors (Lipinski definition) is 2. The molecule has 2 nitrogen and oxygen atoms in total. The van der Waals surface area contributed by atoms with Crippen LogP contribution in [0.5, 0.6) is 0 Å². The van der Waals surface area contributed by atoms with Gasteiger partial charge in [-0.15, -0.1) is 0 Å². The first-order valence-corrected chi connectivity index (χ1v) is 10.6. The molecule has 2 heteroatoms. The van der Waals surface area contributed by atoms with E-state index < -0.39 is 0 Å². The first kappa shape index (κ1) is 18.4. The zero-order chi connectivity index (χ0) is 17.5. The van der Waals surface area contributed by atoms with Crippen LogP contribution in [0.2, 0.25) is 0 Å². The molecule has 0 amide bonds. The van der Waals surface area contributed by atoms with Gasteiger partial charge in [0.1, 0.15) is 5.78 Å². The van der Waals surface area contributed by atoms with Crippen LogP contribution in [0.25, 0.3) is 0 Å². The zero-order valence-corrected chi connectivity index (χ0v) is 16.3. The van der Waals surface area contributed by atoms with Crippen LogP contribution in [0, 0.1) is 40.4 Å². The minimum absolute atomic E-state index is 0.155. The predicted octanol–water partition coefficient (Wildman–Crippen LogP) is 5.23. The van der Waals surface area contributed by atoms with Crippen LogP contribution in [0.4, 0.5) is 0 Å². The van der Waals surface area contributed by atoms with Crippen LogP contribution >= 0.6 is 0 Å². The van der Waals surface area contributed by atoms with Crippen LogP contribution in [0.3, 0.4) is 0 Å². The highest BCUT2D eigenvalue weighted by atomic mass is 16.3. The van der Waals surface area contributed by atoms with Crippen LogP contribution < -0.4 is 0 Å². The van der Waals surface area contributed by atoms with Gasteiger partial charge in [-0.25, -0.2) is 0 Å². The van der Waals surface area contributed by atoms with E-state index in [0.29, 0.717) is 36.1 Å². The van der Waals surface area contributed by atoms with E-state index in [-0.39, 0.29) is 10.8 Å². The first-order chi connectivity index (χ1) is 11.4. The monoisotopic (exact) mass is 334 g/mol. The maximum atomic E-state index is 12.2. The topological polar surface area (TPSA) is 37.3 Å². The molecule has 0 bridgehead atoms. The van der Waals surface area contributed by atoms with Gasteiger partial charge in [-0.2, -0.15) is 0 Å². The zero-order valence-electron chi connectivity index (χ0n) is 16.3. The molecule has 0 aliphatic heterocycles. The fourth-order valence-electron chi connectivity index (χ4n) is 7.85. The van der Waals surface area contributed by atoms with Gasteiger partial charge >= 0.3 is 0 Å². The van der Waals surface area contributed by atoms with E-state index in [1.807, 2.05) is 6.92 Å². The second kappa shape index (κ2) is 6.74. The van der Waals surface area contributed by atoms with E-state index >= 15 is 0 Å². The fraction of sp³-hybridized carbons (Fsp3) is 0.955.